The van der Waals surface area contributed by atoms with Crippen LogP contribution in [0, 0.1) is 19.8 Å². The van der Waals surface area contributed by atoms with E-state index < -0.39 is 0 Å². The molecule has 0 atom stereocenters. The molecular weight excluding hydrogens is 663 g/mol. The van der Waals surface area contributed by atoms with Gasteiger partial charge in [0.1, 0.15) is 0 Å². The van der Waals surface area contributed by atoms with Gasteiger partial charge in [-0.25, -0.2) is 0 Å². The summed E-state index contributed by atoms with van der Waals surface area (Å²) in [5, 5.41) is 0. The smallest absolute Gasteiger partial charge is 0.0711 e. The highest BCUT2D eigenvalue weighted by molar-refractivity contribution is 5.94. The summed E-state index contributed by atoms with van der Waals surface area (Å²) in [4.78, 5) is 5.11. The molecule has 0 unspecified atom stereocenters. The Balaban J connectivity index is 0.00000253. The molecule has 2 aliphatic carbocycles. The van der Waals surface area contributed by atoms with Crippen molar-refractivity contribution in [2.75, 3.05) is 0 Å². The van der Waals surface area contributed by atoms with Gasteiger partial charge in [0, 0.05) is 22.4 Å². The quantitative estimate of drug-likeness (QED) is 0.0799. The first-order valence-electron chi connectivity index (χ1n) is 18.9. The normalized spacial score (nSPS) is 13.9. The van der Waals surface area contributed by atoms with Crippen LogP contribution in [0.2, 0.25) is 0 Å². The van der Waals surface area contributed by atoms with Crippen LogP contribution in [-0.4, -0.2) is 4.98 Å². The van der Waals surface area contributed by atoms with Crippen molar-refractivity contribution >= 4 is 22.3 Å². The first kappa shape index (κ1) is 38.0. The zero-order valence-corrected chi connectivity index (χ0v) is 32.3. The molecule has 0 saturated carbocycles. The zero-order chi connectivity index (χ0) is 38.6. The maximum absolute atomic E-state index is 5.11. The molecule has 1 nitrogen and oxygen atoms in total. The fraction of sp³-hybridized carbons (Fsp3) is 0.111. The maximum atomic E-state index is 5.11. The summed E-state index contributed by atoms with van der Waals surface area (Å²) in [6.07, 6.45) is 31.8. The van der Waals surface area contributed by atoms with E-state index in [1.54, 1.807) is 0 Å². The first-order chi connectivity index (χ1) is 27.0. The number of aryl methyl sites for hydroxylation is 1. The van der Waals surface area contributed by atoms with Gasteiger partial charge in [0.15, 0.2) is 0 Å². The van der Waals surface area contributed by atoms with Crippen LogP contribution in [0.15, 0.2) is 193 Å². The van der Waals surface area contributed by atoms with Crippen LogP contribution in [0.5, 0.6) is 0 Å². The molecule has 0 fully saturated rings. The third kappa shape index (κ3) is 9.09. The highest BCUT2D eigenvalue weighted by Gasteiger charge is 2.16. The number of aromatic nitrogens is 1. The van der Waals surface area contributed by atoms with Gasteiger partial charge in [0.05, 0.1) is 5.69 Å². The van der Waals surface area contributed by atoms with E-state index in [0.29, 0.717) is 0 Å². The fourth-order valence-corrected chi connectivity index (χ4v) is 7.03. The number of allylic oxidation sites excluding steroid dienone is 15. The number of hydrogen-bond donors (Lipinski definition) is 0. The Morgan fingerprint density at radius 2 is 1.40 bits per heavy atom. The molecule has 7 rings (SSSR count). The highest BCUT2D eigenvalue weighted by Crippen LogP contribution is 2.36. The Kier molecular flexibility index (Phi) is 12.7. The van der Waals surface area contributed by atoms with Crippen molar-refractivity contribution in [3.8, 4) is 35.2 Å². The standard InChI is InChI=1S/C52H45N.C2H2/c1-5-7-10-22-46-32-40-31-45(29-30-47(33-40)49-26-16-15-25-48(46)49)44-24-17-23-43(35-44)37(3)27-28-39(6-2)34-50-38(4)53-52(42-20-13-9-14-21-42)36-51(50)41-18-11-8-12-19-41;1-2/h5,7-32,35-36H,6,34H2,1-4H3;1-2H/b7-5-,22-10-,37-27+,39-28-;. The van der Waals surface area contributed by atoms with Crippen LogP contribution < -0.4 is 0 Å². The molecule has 1 heterocycles. The molecule has 268 valence electrons. The van der Waals surface area contributed by atoms with Gasteiger partial charge in [-0.15, -0.1) is 18.6 Å². The number of pyridine rings is 1. The lowest BCUT2D eigenvalue weighted by molar-refractivity contribution is 0.980. The third-order valence-corrected chi connectivity index (χ3v) is 10.0. The monoisotopic (exact) mass is 709 g/mol. The average molecular weight is 710 g/mol. The van der Waals surface area contributed by atoms with E-state index >= 15 is 0 Å². The van der Waals surface area contributed by atoms with E-state index in [1.165, 1.54) is 61.2 Å². The molecule has 0 spiro atoms. The molecule has 55 heavy (non-hydrogen) atoms. The molecule has 0 radical (unpaired) electrons. The predicted molar refractivity (Wildman–Crippen MR) is 238 cm³/mol. The van der Waals surface area contributed by atoms with Gasteiger partial charge in [0.2, 0.25) is 0 Å². The minimum atomic E-state index is 0.850. The van der Waals surface area contributed by atoms with Gasteiger partial charge < -0.3 is 0 Å². The van der Waals surface area contributed by atoms with Gasteiger partial charge in [0.25, 0.3) is 0 Å². The minimum Gasteiger partial charge on any atom is -0.253 e. The molecule has 4 aromatic carbocycles. The molecule has 1 aromatic heterocycles. The van der Waals surface area contributed by atoms with Gasteiger partial charge in [-0.05, 0) is 120 Å². The third-order valence-electron chi connectivity index (χ3n) is 10.0. The average Bonchev–Trinajstić information content (AvgIpc) is 3.54. The zero-order valence-electron chi connectivity index (χ0n) is 32.3. The van der Waals surface area contributed by atoms with Crippen LogP contribution in [-0.2, 0) is 6.42 Å². The van der Waals surface area contributed by atoms with E-state index in [9.17, 15) is 0 Å². The first-order valence-corrected chi connectivity index (χ1v) is 18.9. The lowest BCUT2D eigenvalue weighted by atomic mass is 9.91. The summed E-state index contributed by atoms with van der Waals surface area (Å²) in [6, 6.07) is 41.0. The lowest BCUT2D eigenvalue weighted by Gasteiger charge is -2.16. The number of fused-ring (bicyclic) bond motifs is 2. The molecule has 1 heteroatoms. The molecule has 0 aliphatic heterocycles. The second-order valence-electron chi connectivity index (χ2n) is 13.6. The van der Waals surface area contributed by atoms with Crippen molar-refractivity contribution in [2.45, 2.75) is 40.5 Å². The Morgan fingerprint density at radius 3 is 2.13 bits per heavy atom. The Hall–Kier alpha value is -6.71. The molecule has 5 aromatic rings. The molecule has 2 bridgehead atoms. The summed E-state index contributed by atoms with van der Waals surface area (Å²) in [6.45, 7) is 8.66. The highest BCUT2D eigenvalue weighted by atomic mass is 14.7. The molecule has 2 aliphatic rings. The van der Waals surface area contributed by atoms with Gasteiger partial charge in [-0.2, -0.15) is 0 Å². The second-order valence-corrected chi connectivity index (χ2v) is 13.6. The van der Waals surface area contributed by atoms with E-state index in [1.807, 2.05) is 6.92 Å². The molecular formula is C54H47N. The van der Waals surface area contributed by atoms with E-state index in [2.05, 4.69) is 215 Å². The predicted octanol–water partition coefficient (Wildman–Crippen LogP) is 14.0. The van der Waals surface area contributed by atoms with Crippen molar-refractivity contribution in [3.05, 3.63) is 226 Å². The van der Waals surface area contributed by atoms with Crippen molar-refractivity contribution in [1.29, 1.82) is 0 Å². The Bertz CT molecular complexity index is 2480. The summed E-state index contributed by atoms with van der Waals surface area (Å²) < 4.78 is 0. The maximum Gasteiger partial charge on any atom is 0.0711 e. The van der Waals surface area contributed by atoms with Gasteiger partial charge in [-0.1, -0.05) is 158 Å². The van der Waals surface area contributed by atoms with Crippen LogP contribution >= 0.6 is 0 Å². The van der Waals surface area contributed by atoms with E-state index in [-0.39, 0.29) is 0 Å². The van der Waals surface area contributed by atoms with Crippen LogP contribution in [0.25, 0.3) is 44.7 Å². The largest absolute Gasteiger partial charge is 0.253 e. The van der Waals surface area contributed by atoms with Gasteiger partial charge >= 0.3 is 0 Å². The molecule has 0 N–H and O–H groups in total. The number of nitrogens with zero attached hydrogens (tertiary/aromatic N) is 1. The second kappa shape index (κ2) is 18.4. The van der Waals surface area contributed by atoms with E-state index in [0.717, 1.165) is 40.9 Å². The van der Waals surface area contributed by atoms with Crippen LogP contribution in [0.3, 0.4) is 0 Å². The van der Waals surface area contributed by atoms with Crippen molar-refractivity contribution in [2.24, 2.45) is 0 Å². The Morgan fingerprint density at radius 1 is 0.709 bits per heavy atom. The number of benzene rings is 4. The van der Waals surface area contributed by atoms with Crippen LogP contribution in [0.4, 0.5) is 0 Å². The summed E-state index contributed by atoms with van der Waals surface area (Å²) in [5.41, 5.74) is 22.6. The van der Waals surface area contributed by atoms with Crippen molar-refractivity contribution in [3.63, 3.8) is 0 Å². The number of rotatable bonds is 10. The Labute approximate surface area is 328 Å². The lowest BCUT2D eigenvalue weighted by Crippen LogP contribution is -2.01. The topological polar surface area (TPSA) is 12.9 Å². The summed E-state index contributed by atoms with van der Waals surface area (Å²) >= 11 is 0. The van der Waals surface area contributed by atoms with Crippen molar-refractivity contribution in [1.82, 2.24) is 4.98 Å². The fourth-order valence-electron chi connectivity index (χ4n) is 7.03. The van der Waals surface area contributed by atoms with E-state index in [4.69, 9.17) is 4.98 Å². The van der Waals surface area contributed by atoms with Crippen molar-refractivity contribution < 1.29 is 0 Å². The molecule has 0 saturated heterocycles. The van der Waals surface area contributed by atoms with Gasteiger partial charge in [-0.3, -0.25) is 4.98 Å². The number of terminal acetylenes is 1. The number of hydrogen-bond acceptors (Lipinski definition) is 1. The molecule has 0 amide bonds. The SMILES string of the molecule is C#C.C/C=C\C=C/C1=CC2=C=C(C=CC(c3cccc(/C(C)=C/C=C(/CC)Cc4c(-c5ccccc5)cc(-c5ccccc5)nc4C)c3)=C2)c2ccccc21. The summed E-state index contributed by atoms with van der Waals surface area (Å²) in [7, 11) is 0. The van der Waals surface area contributed by atoms with Crippen LogP contribution in [0.1, 0.15) is 60.7 Å². The minimum absolute atomic E-state index is 0.850. The summed E-state index contributed by atoms with van der Waals surface area (Å²) in [5.74, 6) is 0.